The van der Waals surface area contributed by atoms with Crippen LogP contribution in [0.4, 0.5) is 5.69 Å². The lowest BCUT2D eigenvalue weighted by atomic mass is 9.98. The fourth-order valence-electron chi connectivity index (χ4n) is 2.68. The zero-order valence-electron chi connectivity index (χ0n) is 10.5. The second-order valence-corrected chi connectivity index (χ2v) is 4.96. The van der Waals surface area contributed by atoms with Crippen LogP contribution in [0.5, 0.6) is 11.5 Å². The summed E-state index contributed by atoms with van der Waals surface area (Å²) in [5, 5.41) is 9.28. The molecular weight excluding hydrogens is 230 g/mol. The van der Waals surface area contributed by atoms with E-state index >= 15 is 0 Å². The summed E-state index contributed by atoms with van der Waals surface area (Å²) in [5.74, 6) is 2.07. The fraction of sp³-hybridized carbons (Fsp3) is 0.571. The summed E-state index contributed by atoms with van der Waals surface area (Å²) in [7, 11) is 0. The van der Waals surface area contributed by atoms with Crippen molar-refractivity contribution in [1.29, 1.82) is 0 Å². The van der Waals surface area contributed by atoms with Crippen LogP contribution in [-0.2, 0) is 0 Å². The number of hydrogen-bond donors (Lipinski definition) is 1. The van der Waals surface area contributed by atoms with E-state index in [1.807, 2.05) is 12.1 Å². The molecule has 1 fully saturated rings. The van der Waals surface area contributed by atoms with Crippen LogP contribution >= 0.6 is 0 Å². The number of hydrogen-bond acceptors (Lipinski definition) is 4. The van der Waals surface area contributed by atoms with Crippen molar-refractivity contribution in [1.82, 2.24) is 0 Å². The molecule has 0 bridgehead atoms. The third-order valence-electron chi connectivity index (χ3n) is 3.67. The molecule has 1 saturated heterocycles. The van der Waals surface area contributed by atoms with Crippen molar-refractivity contribution in [3.63, 3.8) is 0 Å². The zero-order chi connectivity index (χ0) is 12.4. The van der Waals surface area contributed by atoms with E-state index in [0.717, 1.165) is 43.1 Å². The largest absolute Gasteiger partial charge is 0.486 e. The number of rotatable bonds is 2. The molecule has 4 nitrogen and oxygen atoms in total. The van der Waals surface area contributed by atoms with Crippen molar-refractivity contribution >= 4 is 5.69 Å². The van der Waals surface area contributed by atoms with Gasteiger partial charge in [-0.1, -0.05) is 0 Å². The van der Waals surface area contributed by atoms with Gasteiger partial charge in [0.2, 0.25) is 0 Å². The molecule has 0 amide bonds. The van der Waals surface area contributed by atoms with Crippen LogP contribution in [0.2, 0.25) is 0 Å². The molecule has 0 spiro atoms. The molecule has 4 heteroatoms. The number of ether oxygens (including phenoxy) is 2. The number of aliphatic hydroxyl groups excluding tert-OH is 1. The quantitative estimate of drug-likeness (QED) is 0.865. The summed E-state index contributed by atoms with van der Waals surface area (Å²) in [6.45, 7) is 3.51. The Morgan fingerprint density at radius 1 is 1.22 bits per heavy atom. The number of fused-ring (bicyclic) bond motifs is 1. The van der Waals surface area contributed by atoms with E-state index < -0.39 is 0 Å². The molecular formula is C14H19NO3. The number of nitrogens with zero attached hydrogens (tertiary/aromatic N) is 1. The molecule has 98 valence electrons. The maximum absolute atomic E-state index is 9.28. The third-order valence-corrected chi connectivity index (χ3v) is 3.67. The van der Waals surface area contributed by atoms with E-state index in [1.54, 1.807) is 0 Å². The highest BCUT2D eigenvalue weighted by atomic mass is 16.6. The van der Waals surface area contributed by atoms with Crippen LogP contribution in [0.25, 0.3) is 0 Å². The van der Waals surface area contributed by atoms with Crippen LogP contribution in [0.15, 0.2) is 18.2 Å². The highest BCUT2D eigenvalue weighted by Crippen LogP contribution is 2.35. The van der Waals surface area contributed by atoms with Gasteiger partial charge < -0.3 is 19.5 Å². The van der Waals surface area contributed by atoms with Crippen LogP contribution in [0.1, 0.15) is 12.8 Å². The number of aliphatic hydroxyl groups is 1. The lowest BCUT2D eigenvalue weighted by Gasteiger charge is -2.34. The van der Waals surface area contributed by atoms with E-state index in [-0.39, 0.29) is 6.61 Å². The van der Waals surface area contributed by atoms with Gasteiger partial charge in [-0.15, -0.1) is 0 Å². The second-order valence-electron chi connectivity index (χ2n) is 4.96. The molecule has 1 atom stereocenters. The van der Waals surface area contributed by atoms with Crippen LogP contribution in [-0.4, -0.2) is 38.0 Å². The Morgan fingerprint density at radius 3 is 2.89 bits per heavy atom. The van der Waals surface area contributed by atoms with Crippen molar-refractivity contribution in [2.45, 2.75) is 12.8 Å². The molecule has 1 N–H and O–H groups in total. The first kappa shape index (κ1) is 11.7. The average molecular weight is 249 g/mol. The van der Waals surface area contributed by atoms with E-state index in [4.69, 9.17) is 9.47 Å². The predicted octanol–water partition coefficient (Wildman–Crippen LogP) is 1.67. The highest BCUT2D eigenvalue weighted by Gasteiger charge is 2.21. The van der Waals surface area contributed by atoms with Gasteiger partial charge in [-0.3, -0.25) is 0 Å². The molecule has 3 rings (SSSR count). The Balaban J connectivity index is 1.79. The maximum atomic E-state index is 9.28. The number of anilines is 1. The Labute approximate surface area is 107 Å². The van der Waals surface area contributed by atoms with Crippen molar-refractivity contribution in [2.75, 3.05) is 37.8 Å². The molecule has 0 radical (unpaired) electrons. The minimum Gasteiger partial charge on any atom is -0.486 e. The van der Waals surface area contributed by atoms with Crippen LogP contribution in [0.3, 0.4) is 0 Å². The Hall–Kier alpha value is -1.42. The van der Waals surface area contributed by atoms with Gasteiger partial charge in [0.1, 0.15) is 13.2 Å². The topological polar surface area (TPSA) is 41.9 Å². The zero-order valence-corrected chi connectivity index (χ0v) is 10.5. The van der Waals surface area contributed by atoms with Gasteiger partial charge in [0.15, 0.2) is 11.5 Å². The standard InChI is InChI=1S/C14H19NO3/c16-10-11-2-1-5-15(9-11)12-3-4-13-14(8-12)18-7-6-17-13/h3-4,8,11,16H,1-2,5-7,9-10H2. The lowest BCUT2D eigenvalue weighted by molar-refractivity contribution is 0.171. The van der Waals surface area contributed by atoms with Gasteiger partial charge in [0.05, 0.1) is 0 Å². The van der Waals surface area contributed by atoms with E-state index in [2.05, 4.69) is 11.0 Å². The predicted molar refractivity (Wildman–Crippen MR) is 69.5 cm³/mol. The van der Waals surface area contributed by atoms with Crippen molar-refractivity contribution < 1.29 is 14.6 Å². The number of piperidine rings is 1. The van der Waals surface area contributed by atoms with Gasteiger partial charge in [-0.05, 0) is 30.9 Å². The van der Waals surface area contributed by atoms with Crippen molar-refractivity contribution in [3.05, 3.63) is 18.2 Å². The number of benzene rings is 1. The summed E-state index contributed by atoms with van der Waals surface area (Å²) < 4.78 is 11.1. The molecule has 2 aliphatic heterocycles. The Morgan fingerprint density at radius 2 is 2.06 bits per heavy atom. The molecule has 0 aromatic heterocycles. The van der Waals surface area contributed by atoms with Crippen molar-refractivity contribution in [2.24, 2.45) is 5.92 Å². The first-order valence-corrected chi connectivity index (χ1v) is 6.62. The maximum Gasteiger partial charge on any atom is 0.163 e. The summed E-state index contributed by atoms with van der Waals surface area (Å²) in [5.41, 5.74) is 1.16. The molecule has 1 aromatic rings. The molecule has 2 heterocycles. The van der Waals surface area contributed by atoms with E-state index in [9.17, 15) is 5.11 Å². The molecule has 2 aliphatic rings. The SMILES string of the molecule is OCC1CCCN(c2ccc3c(c2)OCCO3)C1. The average Bonchev–Trinajstić information content (AvgIpc) is 2.47. The van der Waals surface area contributed by atoms with E-state index in [0.29, 0.717) is 19.1 Å². The lowest BCUT2D eigenvalue weighted by Crippen LogP contribution is -2.36. The van der Waals surface area contributed by atoms with Gasteiger partial charge in [0.25, 0.3) is 0 Å². The minimum atomic E-state index is 0.279. The summed E-state index contributed by atoms with van der Waals surface area (Å²) in [4.78, 5) is 2.32. The summed E-state index contributed by atoms with van der Waals surface area (Å²) in [6, 6.07) is 6.11. The molecule has 1 unspecified atom stereocenters. The highest BCUT2D eigenvalue weighted by molar-refractivity contribution is 5.57. The third kappa shape index (κ3) is 2.25. The Bertz CT molecular complexity index is 422. The first-order valence-electron chi connectivity index (χ1n) is 6.62. The first-order chi connectivity index (χ1) is 8.86. The molecule has 0 aliphatic carbocycles. The van der Waals surface area contributed by atoms with Crippen molar-refractivity contribution in [3.8, 4) is 11.5 Å². The summed E-state index contributed by atoms with van der Waals surface area (Å²) >= 11 is 0. The van der Waals surface area contributed by atoms with Gasteiger partial charge in [-0.25, -0.2) is 0 Å². The molecule has 0 saturated carbocycles. The van der Waals surface area contributed by atoms with E-state index in [1.165, 1.54) is 0 Å². The van der Waals surface area contributed by atoms with Gasteiger partial charge in [-0.2, -0.15) is 0 Å². The normalized spacial score (nSPS) is 22.9. The van der Waals surface area contributed by atoms with Crippen LogP contribution < -0.4 is 14.4 Å². The Kier molecular flexibility index (Phi) is 3.28. The summed E-state index contributed by atoms with van der Waals surface area (Å²) in [6.07, 6.45) is 2.26. The van der Waals surface area contributed by atoms with Gasteiger partial charge in [0, 0.05) is 31.5 Å². The molecule has 18 heavy (non-hydrogen) atoms. The fourth-order valence-corrected chi connectivity index (χ4v) is 2.68. The smallest absolute Gasteiger partial charge is 0.163 e. The van der Waals surface area contributed by atoms with Crippen LogP contribution in [0, 0.1) is 5.92 Å². The van der Waals surface area contributed by atoms with Gasteiger partial charge >= 0.3 is 0 Å². The molecule has 1 aromatic carbocycles. The monoisotopic (exact) mass is 249 g/mol. The second kappa shape index (κ2) is 5.06. The minimum absolute atomic E-state index is 0.279.